The Balaban J connectivity index is 1.56. The number of pyridine rings is 1. The van der Waals surface area contributed by atoms with Crippen molar-refractivity contribution in [2.75, 3.05) is 30.8 Å². The number of likely N-dealkylation sites (tertiary alicyclic amines) is 1. The van der Waals surface area contributed by atoms with E-state index in [2.05, 4.69) is 32.8 Å². The van der Waals surface area contributed by atoms with Crippen LogP contribution < -0.4 is 20.7 Å². The fraction of sp³-hybridized carbons (Fsp3) is 0.320. The van der Waals surface area contributed by atoms with Gasteiger partial charge in [-0.3, -0.25) is 14.5 Å². The van der Waals surface area contributed by atoms with E-state index in [0.29, 0.717) is 27.6 Å². The van der Waals surface area contributed by atoms with Crippen LogP contribution in [-0.2, 0) is 6.54 Å². The van der Waals surface area contributed by atoms with Gasteiger partial charge in [-0.05, 0) is 48.5 Å². The molecule has 196 valence electrons. The highest BCUT2D eigenvalue weighted by Gasteiger charge is 2.27. The molecule has 1 saturated heterocycles. The predicted molar refractivity (Wildman–Crippen MR) is 150 cm³/mol. The van der Waals surface area contributed by atoms with Crippen LogP contribution in [0.2, 0.25) is 15.1 Å². The minimum Gasteiger partial charge on any atom is -0.494 e. The van der Waals surface area contributed by atoms with Gasteiger partial charge in [0.2, 0.25) is 0 Å². The zero-order chi connectivity index (χ0) is 26.5. The Hall–Kier alpha value is -2.40. The Labute approximate surface area is 234 Å². The molecule has 1 unspecified atom stereocenters. The van der Waals surface area contributed by atoms with Gasteiger partial charge in [0.15, 0.2) is 0 Å². The first-order valence-electron chi connectivity index (χ1n) is 11.7. The minimum absolute atomic E-state index is 0.105. The molecule has 4 rings (SSSR count). The molecule has 3 aromatic rings. The van der Waals surface area contributed by atoms with E-state index >= 15 is 0 Å². The number of halogens is 3. The number of rotatable bonds is 9. The first kappa shape index (κ1) is 27.6. The molecule has 0 radical (unpaired) electrons. The maximum absolute atomic E-state index is 13.3. The fourth-order valence-electron chi connectivity index (χ4n) is 4.19. The summed E-state index contributed by atoms with van der Waals surface area (Å²) in [6.45, 7) is 4.59. The second kappa shape index (κ2) is 12.4. The van der Waals surface area contributed by atoms with Gasteiger partial charge in [0, 0.05) is 30.4 Å². The number of ether oxygens (including phenoxy) is 1. The van der Waals surface area contributed by atoms with Crippen LogP contribution in [0.4, 0.5) is 11.5 Å². The van der Waals surface area contributed by atoms with Crippen molar-refractivity contribution in [1.82, 2.24) is 15.2 Å². The van der Waals surface area contributed by atoms with Crippen molar-refractivity contribution in [1.29, 1.82) is 0 Å². The van der Waals surface area contributed by atoms with Gasteiger partial charge in [-0.1, -0.05) is 41.7 Å². The molecule has 3 N–H and O–H groups in total. The molecular formula is C25H26Cl3N5O3S. The highest BCUT2D eigenvalue weighted by Crippen LogP contribution is 2.36. The number of carbonyl (C=O) groups excluding carboxylic acids is 2. The number of aromatic nitrogens is 1. The Bertz CT molecular complexity index is 1290. The number of amides is 2. The second-order valence-corrected chi connectivity index (χ2v) is 10.5. The monoisotopic (exact) mass is 581 g/mol. The molecular weight excluding hydrogens is 557 g/mol. The summed E-state index contributed by atoms with van der Waals surface area (Å²) in [5, 5.41) is 12.0. The molecule has 2 amide bonds. The summed E-state index contributed by atoms with van der Waals surface area (Å²) in [5.41, 5.74) is 1.16. The van der Waals surface area contributed by atoms with Crippen molar-refractivity contribution in [2.45, 2.75) is 32.5 Å². The van der Waals surface area contributed by atoms with Crippen molar-refractivity contribution in [3.05, 3.63) is 66.9 Å². The Morgan fingerprint density at radius 1 is 1.16 bits per heavy atom. The summed E-state index contributed by atoms with van der Waals surface area (Å²) in [4.78, 5) is 33.2. The second-order valence-electron chi connectivity index (χ2n) is 8.39. The molecule has 1 aliphatic rings. The third kappa shape index (κ3) is 6.54. The summed E-state index contributed by atoms with van der Waals surface area (Å²) in [6, 6.07) is 6.13. The highest BCUT2D eigenvalue weighted by atomic mass is 35.5. The number of hydrogen-bond acceptors (Lipinski definition) is 7. The zero-order valence-electron chi connectivity index (χ0n) is 20.2. The molecule has 0 bridgehead atoms. The number of nitrogens with one attached hydrogen (secondary N) is 3. The van der Waals surface area contributed by atoms with Crippen LogP contribution in [0, 0.1) is 0 Å². The Morgan fingerprint density at radius 3 is 2.68 bits per heavy atom. The molecule has 0 aliphatic carbocycles. The number of benzene rings is 1. The van der Waals surface area contributed by atoms with E-state index in [9.17, 15) is 9.59 Å². The zero-order valence-corrected chi connectivity index (χ0v) is 23.3. The third-order valence-electron chi connectivity index (χ3n) is 5.92. The normalized spacial score (nSPS) is 15.5. The van der Waals surface area contributed by atoms with Crippen LogP contribution in [0.5, 0.6) is 5.75 Å². The molecule has 2 aromatic heterocycles. The third-order valence-corrected chi connectivity index (χ3v) is 7.94. The first-order chi connectivity index (χ1) is 17.8. The number of carbonyl (C=O) groups is 2. The van der Waals surface area contributed by atoms with Crippen LogP contribution >= 0.6 is 46.1 Å². The standard InChI is InChI=1S/C25H26Cl3N5O3S/c1-3-29-20-5-4-8-33(20)12-14-13-37-23(21(14)28)25(35)32-22-17(9-16(27)10-18(22)36-2)24(34)31-19-7-6-15(26)11-30-19/h6-7,9-11,13,20,29H,3-5,8,12H2,1-2H3,(H,32,35)(H,30,31,34). The predicted octanol–water partition coefficient (Wildman–Crippen LogP) is 6.15. The van der Waals surface area contributed by atoms with Gasteiger partial charge in [0.1, 0.15) is 16.4 Å². The van der Waals surface area contributed by atoms with Crippen LogP contribution in [0.15, 0.2) is 35.8 Å². The molecule has 1 fully saturated rings. The Morgan fingerprint density at radius 2 is 1.97 bits per heavy atom. The van der Waals surface area contributed by atoms with E-state index in [0.717, 1.165) is 31.5 Å². The van der Waals surface area contributed by atoms with Crippen molar-refractivity contribution >= 4 is 69.5 Å². The van der Waals surface area contributed by atoms with Gasteiger partial charge >= 0.3 is 0 Å². The molecule has 0 saturated carbocycles. The van der Waals surface area contributed by atoms with E-state index in [1.54, 1.807) is 12.1 Å². The molecule has 3 heterocycles. The largest absolute Gasteiger partial charge is 0.494 e. The topological polar surface area (TPSA) is 95.6 Å². The van der Waals surface area contributed by atoms with Crippen LogP contribution in [-0.4, -0.2) is 48.1 Å². The van der Waals surface area contributed by atoms with E-state index < -0.39 is 11.8 Å². The van der Waals surface area contributed by atoms with Crippen molar-refractivity contribution in [3.8, 4) is 5.75 Å². The summed E-state index contributed by atoms with van der Waals surface area (Å²) >= 11 is 20.0. The van der Waals surface area contributed by atoms with Gasteiger partial charge in [-0.2, -0.15) is 0 Å². The summed E-state index contributed by atoms with van der Waals surface area (Å²) < 4.78 is 5.42. The minimum atomic E-state index is -0.535. The lowest BCUT2D eigenvalue weighted by Gasteiger charge is -2.24. The summed E-state index contributed by atoms with van der Waals surface area (Å²) in [5.74, 6) is -0.472. The summed E-state index contributed by atoms with van der Waals surface area (Å²) in [7, 11) is 1.43. The van der Waals surface area contributed by atoms with Crippen LogP contribution in [0.25, 0.3) is 0 Å². The van der Waals surface area contributed by atoms with Crippen molar-refractivity contribution < 1.29 is 14.3 Å². The van der Waals surface area contributed by atoms with E-state index in [1.165, 1.54) is 36.8 Å². The molecule has 1 atom stereocenters. The molecule has 37 heavy (non-hydrogen) atoms. The maximum atomic E-state index is 13.3. The van der Waals surface area contributed by atoms with Crippen molar-refractivity contribution in [3.63, 3.8) is 0 Å². The lowest BCUT2D eigenvalue weighted by Crippen LogP contribution is -2.40. The highest BCUT2D eigenvalue weighted by molar-refractivity contribution is 7.13. The first-order valence-corrected chi connectivity index (χ1v) is 13.7. The number of anilines is 2. The average molecular weight is 583 g/mol. The van der Waals surface area contributed by atoms with Gasteiger partial charge < -0.3 is 20.7 Å². The average Bonchev–Trinajstić information content (AvgIpc) is 3.47. The van der Waals surface area contributed by atoms with E-state index in [1.807, 2.05) is 5.38 Å². The molecule has 1 aliphatic heterocycles. The van der Waals surface area contributed by atoms with E-state index in [-0.39, 0.29) is 27.8 Å². The quantitative estimate of drug-likeness (QED) is 0.280. The van der Waals surface area contributed by atoms with E-state index in [4.69, 9.17) is 39.5 Å². The number of thiophene rings is 1. The van der Waals surface area contributed by atoms with Crippen LogP contribution in [0.3, 0.4) is 0 Å². The van der Waals surface area contributed by atoms with Crippen molar-refractivity contribution in [2.24, 2.45) is 0 Å². The van der Waals surface area contributed by atoms with Gasteiger partial charge in [0.05, 0.1) is 34.6 Å². The lowest BCUT2D eigenvalue weighted by atomic mass is 10.1. The van der Waals surface area contributed by atoms with Gasteiger partial charge in [0.25, 0.3) is 11.8 Å². The number of methoxy groups -OCH3 is 1. The SMILES string of the molecule is CCNC1CCCN1Cc1csc(C(=O)Nc2c(OC)cc(Cl)cc2C(=O)Nc2ccc(Cl)cn2)c1Cl. The maximum Gasteiger partial charge on any atom is 0.267 e. The smallest absolute Gasteiger partial charge is 0.267 e. The lowest BCUT2D eigenvalue weighted by molar-refractivity contribution is 0.102. The number of hydrogen-bond donors (Lipinski definition) is 3. The molecule has 0 spiro atoms. The summed E-state index contributed by atoms with van der Waals surface area (Å²) in [6.07, 6.45) is 3.90. The molecule has 1 aromatic carbocycles. The molecule has 12 heteroatoms. The Kier molecular flexibility index (Phi) is 9.28. The number of nitrogens with zero attached hydrogens (tertiary/aromatic N) is 2. The fourth-order valence-corrected chi connectivity index (χ4v) is 5.76. The van der Waals surface area contributed by atoms with Gasteiger partial charge in [-0.25, -0.2) is 4.98 Å². The molecule has 8 nitrogen and oxygen atoms in total. The van der Waals surface area contributed by atoms with Gasteiger partial charge in [-0.15, -0.1) is 11.3 Å². The van der Waals surface area contributed by atoms with Crippen LogP contribution in [0.1, 0.15) is 45.4 Å².